The highest BCUT2D eigenvalue weighted by Gasteiger charge is 2.50. The number of fused-ring (bicyclic) bond motifs is 1. The van der Waals surface area contributed by atoms with Crippen LogP contribution in [0.4, 0.5) is 4.79 Å². The first-order valence-electron chi connectivity index (χ1n) is 9.50. The van der Waals surface area contributed by atoms with E-state index in [2.05, 4.69) is 10.6 Å². The van der Waals surface area contributed by atoms with Crippen molar-refractivity contribution in [1.29, 1.82) is 0 Å². The monoisotopic (exact) mass is 381 g/mol. The fourth-order valence-corrected chi connectivity index (χ4v) is 3.92. The lowest BCUT2D eigenvalue weighted by molar-refractivity contribution is -0.134. The summed E-state index contributed by atoms with van der Waals surface area (Å²) in [5.74, 6) is -0.803. The summed E-state index contributed by atoms with van der Waals surface area (Å²) in [7, 11) is 0. The maximum absolute atomic E-state index is 13.1. The molecule has 4 amide bonds. The van der Waals surface area contributed by atoms with Gasteiger partial charge in [0.05, 0.1) is 6.10 Å². The van der Waals surface area contributed by atoms with Crippen molar-refractivity contribution in [3.63, 3.8) is 0 Å². The number of hydrogen-bond donors (Lipinski definition) is 2. The van der Waals surface area contributed by atoms with E-state index in [0.717, 1.165) is 28.5 Å². The Morgan fingerprint density at radius 2 is 2.04 bits per heavy atom. The summed E-state index contributed by atoms with van der Waals surface area (Å²) in [5.41, 5.74) is -0.501. The second-order valence-electron chi connectivity index (χ2n) is 7.41. The second kappa shape index (κ2) is 7.24. The average molecular weight is 381 g/mol. The van der Waals surface area contributed by atoms with E-state index < -0.39 is 17.5 Å². The first kappa shape index (κ1) is 18.4. The largest absolute Gasteiger partial charge is 0.376 e. The van der Waals surface area contributed by atoms with E-state index in [1.54, 1.807) is 6.92 Å². The highest BCUT2D eigenvalue weighted by atomic mass is 16.5. The van der Waals surface area contributed by atoms with Gasteiger partial charge in [0.1, 0.15) is 12.1 Å². The standard InChI is InChI=1S/C21H23N3O4/c1-21(17-10-4-7-14-6-2-3-9-16(14)17)19(26)24(20(27)23-21)13-18(25)22-12-15-8-5-11-28-15/h2-4,6-7,9-10,15H,5,8,11-13H2,1H3,(H,22,25)(H,23,27)/t15-,21+/m0/s1. The molecule has 2 aromatic rings. The van der Waals surface area contributed by atoms with Crippen molar-refractivity contribution in [1.82, 2.24) is 15.5 Å². The van der Waals surface area contributed by atoms with Crippen LogP contribution in [0.3, 0.4) is 0 Å². The molecule has 0 radical (unpaired) electrons. The number of rotatable bonds is 5. The molecular weight excluding hydrogens is 358 g/mol. The van der Waals surface area contributed by atoms with Crippen molar-refractivity contribution in [2.45, 2.75) is 31.4 Å². The van der Waals surface area contributed by atoms with Crippen LogP contribution in [0, 0.1) is 0 Å². The summed E-state index contributed by atoms with van der Waals surface area (Å²) in [4.78, 5) is 38.9. The minimum Gasteiger partial charge on any atom is -0.376 e. The Bertz CT molecular complexity index is 933. The molecule has 0 aromatic heterocycles. The summed E-state index contributed by atoms with van der Waals surface area (Å²) in [5, 5.41) is 7.40. The summed E-state index contributed by atoms with van der Waals surface area (Å²) >= 11 is 0. The number of imide groups is 1. The molecule has 0 aliphatic carbocycles. The fraction of sp³-hybridized carbons (Fsp3) is 0.381. The second-order valence-corrected chi connectivity index (χ2v) is 7.41. The number of hydrogen-bond acceptors (Lipinski definition) is 4. The van der Waals surface area contributed by atoms with Gasteiger partial charge in [0, 0.05) is 13.2 Å². The van der Waals surface area contributed by atoms with Crippen LogP contribution in [0.15, 0.2) is 42.5 Å². The molecule has 28 heavy (non-hydrogen) atoms. The van der Waals surface area contributed by atoms with Crippen LogP contribution in [0.2, 0.25) is 0 Å². The first-order valence-corrected chi connectivity index (χ1v) is 9.50. The molecule has 0 spiro atoms. The van der Waals surface area contributed by atoms with Crippen molar-refractivity contribution in [3.05, 3.63) is 48.0 Å². The van der Waals surface area contributed by atoms with Gasteiger partial charge in [-0.2, -0.15) is 0 Å². The molecule has 0 bridgehead atoms. The zero-order valence-corrected chi connectivity index (χ0v) is 15.7. The van der Waals surface area contributed by atoms with Gasteiger partial charge in [-0.1, -0.05) is 42.5 Å². The quantitative estimate of drug-likeness (QED) is 0.775. The molecule has 7 heteroatoms. The Morgan fingerprint density at radius 1 is 1.25 bits per heavy atom. The zero-order chi connectivity index (χ0) is 19.7. The van der Waals surface area contributed by atoms with E-state index in [1.165, 1.54) is 0 Å². The van der Waals surface area contributed by atoms with Crippen LogP contribution in [0.1, 0.15) is 25.3 Å². The van der Waals surface area contributed by atoms with E-state index >= 15 is 0 Å². The molecule has 2 saturated heterocycles. The van der Waals surface area contributed by atoms with Gasteiger partial charge in [-0.25, -0.2) is 4.79 Å². The average Bonchev–Trinajstić information content (AvgIpc) is 3.29. The van der Waals surface area contributed by atoms with Crippen LogP contribution < -0.4 is 10.6 Å². The smallest absolute Gasteiger partial charge is 0.325 e. The molecule has 4 rings (SSSR count). The molecule has 2 aromatic carbocycles. The summed E-state index contributed by atoms with van der Waals surface area (Å²) < 4.78 is 5.47. The molecule has 7 nitrogen and oxygen atoms in total. The molecule has 2 aliphatic rings. The summed E-state index contributed by atoms with van der Waals surface area (Å²) in [6, 6.07) is 12.8. The number of carbonyl (C=O) groups excluding carboxylic acids is 3. The highest BCUT2D eigenvalue weighted by Crippen LogP contribution is 2.33. The first-order chi connectivity index (χ1) is 13.5. The van der Waals surface area contributed by atoms with Gasteiger partial charge in [0.15, 0.2) is 0 Å². The van der Waals surface area contributed by atoms with Crippen LogP contribution in [0.5, 0.6) is 0 Å². The van der Waals surface area contributed by atoms with Gasteiger partial charge in [0.2, 0.25) is 5.91 Å². The molecular formula is C21H23N3O4. The van der Waals surface area contributed by atoms with Gasteiger partial charge < -0.3 is 15.4 Å². The molecule has 0 saturated carbocycles. The van der Waals surface area contributed by atoms with E-state index in [9.17, 15) is 14.4 Å². The maximum Gasteiger partial charge on any atom is 0.325 e. The van der Waals surface area contributed by atoms with Gasteiger partial charge >= 0.3 is 6.03 Å². The van der Waals surface area contributed by atoms with Crippen molar-refractivity contribution in [2.75, 3.05) is 19.7 Å². The van der Waals surface area contributed by atoms with Crippen LogP contribution in [-0.4, -0.2) is 48.5 Å². The molecule has 2 N–H and O–H groups in total. The predicted molar refractivity (Wildman–Crippen MR) is 104 cm³/mol. The van der Waals surface area contributed by atoms with E-state index in [4.69, 9.17) is 4.74 Å². The van der Waals surface area contributed by atoms with Crippen LogP contribution in [0.25, 0.3) is 10.8 Å². The Labute approximate surface area is 163 Å². The van der Waals surface area contributed by atoms with Gasteiger partial charge in [-0.3, -0.25) is 14.5 Å². The topological polar surface area (TPSA) is 87.7 Å². The molecule has 2 fully saturated rings. The number of carbonyl (C=O) groups is 3. The number of ether oxygens (including phenoxy) is 1. The van der Waals surface area contributed by atoms with E-state index in [0.29, 0.717) is 18.7 Å². The molecule has 2 heterocycles. The van der Waals surface area contributed by atoms with Gasteiger partial charge in [-0.15, -0.1) is 0 Å². The highest BCUT2D eigenvalue weighted by molar-refractivity contribution is 6.10. The third-order valence-electron chi connectivity index (χ3n) is 5.46. The van der Waals surface area contributed by atoms with Crippen molar-refractivity contribution >= 4 is 28.6 Å². The Morgan fingerprint density at radius 3 is 2.82 bits per heavy atom. The molecule has 2 aliphatic heterocycles. The van der Waals surface area contributed by atoms with Crippen molar-refractivity contribution in [2.24, 2.45) is 0 Å². The fourth-order valence-electron chi connectivity index (χ4n) is 3.92. The molecule has 2 atom stereocenters. The number of urea groups is 1. The van der Waals surface area contributed by atoms with Crippen molar-refractivity contribution < 1.29 is 19.1 Å². The number of nitrogens with one attached hydrogen (secondary N) is 2. The predicted octanol–water partition coefficient (Wildman–Crippen LogP) is 1.90. The molecule has 146 valence electrons. The number of benzene rings is 2. The summed E-state index contributed by atoms with van der Waals surface area (Å²) in [6.45, 7) is 2.47. The Balaban J connectivity index is 1.52. The number of amides is 4. The van der Waals surface area contributed by atoms with Crippen molar-refractivity contribution in [3.8, 4) is 0 Å². The SMILES string of the molecule is C[C@]1(c2cccc3ccccc23)NC(=O)N(CC(=O)NC[C@@H]2CCCO2)C1=O. The maximum atomic E-state index is 13.1. The zero-order valence-electron chi connectivity index (χ0n) is 15.7. The van der Waals surface area contributed by atoms with E-state index in [1.807, 2.05) is 42.5 Å². The van der Waals surface area contributed by atoms with Gasteiger partial charge in [0.25, 0.3) is 5.91 Å². The summed E-state index contributed by atoms with van der Waals surface area (Å²) in [6.07, 6.45) is 1.90. The third kappa shape index (κ3) is 3.22. The lowest BCUT2D eigenvalue weighted by Crippen LogP contribution is -2.44. The number of nitrogens with zero attached hydrogens (tertiary/aromatic N) is 1. The third-order valence-corrected chi connectivity index (χ3v) is 5.46. The minimum atomic E-state index is -1.22. The normalized spacial score (nSPS) is 24.6. The lowest BCUT2D eigenvalue weighted by Gasteiger charge is -2.24. The van der Waals surface area contributed by atoms with Crippen LogP contribution in [-0.2, 0) is 19.9 Å². The Kier molecular flexibility index (Phi) is 4.77. The van der Waals surface area contributed by atoms with E-state index in [-0.39, 0.29) is 18.6 Å². The van der Waals surface area contributed by atoms with Gasteiger partial charge in [-0.05, 0) is 36.1 Å². The lowest BCUT2D eigenvalue weighted by atomic mass is 9.88. The Hall–Kier alpha value is -2.93. The van der Waals surface area contributed by atoms with Crippen LogP contribution >= 0.6 is 0 Å². The molecule has 0 unspecified atom stereocenters. The minimum absolute atomic E-state index is 0.00741.